The summed E-state index contributed by atoms with van der Waals surface area (Å²) >= 11 is 0. The lowest BCUT2D eigenvalue weighted by molar-refractivity contribution is -0.141. The summed E-state index contributed by atoms with van der Waals surface area (Å²) in [5, 5.41) is 1.39. The molecule has 4 rings (SSSR count). The average Bonchev–Trinajstić information content (AvgIpc) is 3.00. The second kappa shape index (κ2) is 6.83. The van der Waals surface area contributed by atoms with Crippen LogP contribution in [-0.4, -0.2) is 35.5 Å². The molecule has 2 aromatic rings. The van der Waals surface area contributed by atoms with Crippen LogP contribution >= 0.6 is 0 Å². The van der Waals surface area contributed by atoms with E-state index in [1.165, 1.54) is 48.5 Å². The molecule has 25 heavy (non-hydrogen) atoms. The molecule has 1 saturated heterocycles. The summed E-state index contributed by atoms with van der Waals surface area (Å²) in [6.07, 6.45) is 4.50. The molecule has 3 heterocycles. The summed E-state index contributed by atoms with van der Waals surface area (Å²) in [6, 6.07) is 9.17. The maximum Gasteiger partial charge on any atom is 0.302 e. The summed E-state index contributed by atoms with van der Waals surface area (Å²) in [6.45, 7) is 6.68. The van der Waals surface area contributed by atoms with E-state index in [1.807, 2.05) is 0 Å². The van der Waals surface area contributed by atoms with Crippen LogP contribution in [0.1, 0.15) is 50.4 Å². The maximum absolute atomic E-state index is 11.1. The molecule has 1 fully saturated rings. The third kappa shape index (κ3) is 3.08. The SMILES string of the molecule is CC[C@@H]1CN2CCc3c([nH]c4ccccc34)[C@H]2C[C@@H]1CCOC(C)=O. The highest BCUT2D eigenvalue weighted by Crippen LogP contribution is 2.44. The quantitative estimate of drug-likeness (QED) is 0.854. The van der Waals surface area contributed by atoms with Gasteiger partial charge in [-0.05, 0) is 42.7 Å². The predicted octanol–water partition coefficient (Wildman–Crippen LogP) is 4.07. The van der Waals surface area contributed by atoms with Gasteiger partial charge in [0.1, 0.15) is 0 Å². The minimum atomic E-state index is -0.166. The fraction of sp³-hybridized carbons (Fsp3) is 0.571. The van der Waals surface area contributed by atoms with Crippen LogP contribution in [0, 0.1) is 11.8 Å². The molecule has 0 saturated carbocycles. The van der Waals surface area contributed by atoms with Gasteiger partial charge in [0.05, 0.1) is 12.6 Å². The first kappa shape index (κ1) is 16.6. The molecule has 134 valence electrons. The van der Waals surface area contributed by atoms with Crippen molar-refractivity contribution in [2.75, 3.05) is 19.7 Å². The van der Waals surface area contributed by atoms with Gasteiger partial charge in [-0.2, -0.15) is 0 Å². The standard InChI is InChI=1S/C21H28N2O2/c1-3-15-13-23-10-8-18-17-6-4-5-7-19(17)22-21(18)20(23)12-16(15)9-11-25-14(2)24/h4-7,15-16,20,22H,3,8-13H2,1-2H3/t15-,16+,20-/m1/s1. The Bertz CT molecular complexity index is 766. The zero-order chi connectivity index (χ0) is 17.4. The second-order valence-electron chi connectivity index (χ2n) is 7.62. The summed E-state index contributed by atoms with van der Waals surface area (Å²) in [5.41, 5.74) is 4.22. The van der Waals surface area contributed by atoms with Crippen molar-refractivity contribution < 1.29 is 9.53 Å². The number of nitrogens with one attached hydrogen (secondary N) is 1. The number of nitrogens with zero attached hydrogens (tertiary/aromatic N) is 1. The van der Waals surface area contributed by atoms with Crippen molar-refractivity contribution in [2.24, 2.45) is 11.8 Å². The monoisotopic (exact) mass is 340 g/mol. The molecule has 0 amide bonds. The zero-order valence-electron chi connectivity index (χ0n) is 15.3. The Morgan fingerprint density at radius 3 is 2.96 bits per heavy atom. The Kier molecular flexibility index (Phi) is 4.55. The number of hydrogen-bond acceptors (Lipinski definition) is 3. The smallest absolute Gasteiger partial charge is 0.302 e. The number of piperidine rings is 1. The van der Waals surface area contributed by atoms with Crippen molar-refractivity contribution in [2.45, 2.75) is 45.6 Å². The topological polar surface area (TPSA) is 45.3 Å². The van der Waals surface area contributed by atoms with Crippen LogP contribution in [0.2, 0.25) is 0 Å². The molecule has 0 unspecified atom stereocenters. The van der Waals surface area contributed by atoms with Gasteiger partial charge in [0.25, 0.3) is 0 Å². The van der Waals surface area contributed by atoms with E-state index < -0.39 is 0 Å². The summed E-state index contributed by atoms with van der Waals surface area (Å²) < 4.78 is 5.23. The van der Waals surface area contributed by atoms with Gasteiger partial charge in [-0.15, -0.1) is 0 Å². The van der Waals surface area contributed by atoms with Crippen molar-refractivity contribution in [1.82, 2.24) is 9.88 Å². The first-order valence-corrected chi connectivity index (χ1v) is 9.64. The molecule has 0 spiro atoms. The summed E-state index contributed by atoms with van der Waals surface area (Å²) in [7, 11) is 0. The molecular weight excluding hydrogens is 312 g/mol. The lowest BCUT2D eigenvalue weighted by Crippen LogP contribution is -2.46. The van der Waals surface area contributed by atoms with Crippen molar-refractivity contribution in [3.63, 3.8) is 0 Å². The van der Waals surface area contributed by atoms with E-state index in [-0.39, 0.29) is 5.97 Å². The van der Waals surface area contributed by atoms with Crippen molar-refractivity contribution >= 4 is 16.9 Å². The highest BCUT2D eigenvalue weighted by atomic mass is 16.5. The average molecular weight is 340 g/mol. The van der Waals surface area contributed by atoms with Crippen LogP contribution in [0.25, 0.3) is 10.9 Å². The predicted molar refractivity (Wildman–Crippen MR) is 99.5 cm³/mol. The number of carbonyl (C=O) groups is 1. The van der Waals surface area contributed by atoms with E-state index in [1.54, 1.807) is 0 Å². The van der Waals surface area contributed by atoms with Crippen LogP contribution in [0.5, 0.6) is 0 Å². The van der Waals surface area contributed by atoms with Crippen LogP contribution in [0.15, 0.2) is 24.3 Å². The van der Waals surface area contributed by atoms with E-state index in [9.17, 15) is 4.79 Å². The third-order valence-electron chi connectivity index (χ3n) is 6.25. The number of hydrogen-bond donors (Lipinski definition) is 1. The maximum atomic E-state index is 11.1. The van der Waals surface area contributed by atoms with Gasteiger partial charge in [-0.1, -0.05) is 31.5 Å². The van der Waals surface area contributed by atoms with Crippen LogP contribution in [0.3, 0.4) is 0 Å². The molecular formula is C21H28N2O2. The number of aromatic nitrogens is 1. The third-order valence-corrected chi connectivity index (χ3v) is 6.25. The minimum Gasteiger partial charge on any atom is -0.466 e. The number of H-pyrrole nitrogens is 1. The van der Waals surface area contributed by atoms with E-state index in [0.29, 0.717) is 24.5 Å². The highest BCUT2D eigenvalue weighted by molar-refractivity contribution is 5.85. The molecule has 4 nitrogen and oxygen atoms in total. The molecule has 0 bridgehead atoms. The molecule has 1 aromatic carbocycles. The molecule has 2 aliphatic rings. The number of ether oxygens (including phenoxy) is 1. The molecule has 3 atom stereocenters. The van der Waals surface area contributed by atoms with Crippen LogP contribution in [0.4, 0.5) is 0 Å². The molecule has 2 aliphatic heterocycles. The van der Waals surface area contributed by atoms with Crippen LogP contribution < -0.4 is 0 Å². The number of para-hydroxylation sites is 1. The van der Waals surface area contributed by atoms with E-state index in [0.717, 1.165) is 19.4 Å². The molecule has 4 heteroatoms. The number of carbonyl (C=O) groups excluding carboxylic acids is 1. The lowest BCUT2D eigenvalue weighted by atomic mass is 9.76. The van der Waals surface area contributed by atoms with E-state index in [4.69, 9.17) is 4.74 Å². The number of benzene rings is 1. The Labute approximate surface area is 149 Å². The minimum absolute atomic E-state index is 0.166. The normalized spacial score (nSPS) is 26.2. The Morgan fingerprint density at radius 1 is 1.32 bits per heavy atom. The molecule has 1 N–H and O–H groups in total. The Hall–Kier alpha value is -1.81. The van der Waals surface area contributed by atoms with Gasteiger partial charge >= 0.3 is 5.97 Å². The Balaban J connectivity index is 1.58. The largest absolute Gasteiger partial charge is 0.466 e. The van der Waals surface area contributed by atoms with Gasteiger partial charge in [-0.3, -0.25) is 9.69 Å². The van der Waals surface area contributed by atoms with Gasteiger partial charge < -0.3 is 9.72 Å². The zero-order valence-corrected chi connectivity index (χ0v) is 15.3. The van der Waals surface area contributed by atoms with Crippen LogP contribution in [-0.2, 0) is 16.0 Å². The lowest BCUT2D eigenvalue weighted by Gasteiger charge is -2.46. The van der Waals surface area contributed by atoms with E-state index >= 15 is 0 Å². The van der Waals surface area contributed by atoms with Gasteiger partial charge in [-0.25, -0.2) is 0 Å². The van der Waals surface area contributed by atoms with Gasteiger partial charge in [0.15, 0.2) is 0 Å². The number of aromatic amines is 1. The Morgan fingerprint density at radius 2 is 2.16 bits per heavy atom. The van der Waals surface area contributed by atoms with Crippen molar-refractivity contribution in [1.29, 1.82) is 0 Å². The highest BCUT2D eigenvalue weighted by Gasteiger charge is 2.39. The second-order valence-corrected chi connectivity index (χ2v) is 7.62. The molecule has 0 aliphatic carbocycles. The first-order valence-electron chi connectivity index (χ1n) is 9.64. The van der Waals surface area contributed by atoms with Gasteiger partial charge in [0, 0.05) is 36.6 Å². The summed E-state index contributed by atoms with van der Waals surface area (Å²) in [5.74, 6) is 1.17. The fourth-order valence-electron chi connectivity index (χ4n) is 4.95. The number of esters is 1. The van der Waals surface area contributed by atoms with Gasteiger partial charge in [0.2, 0.25) is 0 Å². The van der Waals surface area contributed by atoms with E-state index in [2.05, 4.69) is 41.1 Å². The van der Waals surface area contributed by atoms with Crippen molar-refractivity contribution in [3.8, 4) is 0 Å². The number of rotatable bonds is 4. The fourth-order valence-corrected chi connectivity index (χ4v) is 4.95. The summed E-state index contributed by atoms with van der Waals surface area (Å²) in [4.78, 5) is 17.5. The molecule has 1 aromatic heterocycles. The molecule has 0 radical (unpaired) electrons. The first-order chi connectivity index (χ1) is 12.2. The number of fused-ring (bicyclic) bond motifs is 5. The van der Waals surface area contributed by atoms with Crippen molar-refractivity contribution in [3.05, 3.63) is 35.5 Å².